The minimum Gasteiger partial charge on any atom is -0.550 e. The van der Waals surface area contributed by atoms with Crippen LogP contribution in [-0.2, 0) is 9.59 Å². The fraction of sp³-hybridized carbons (Fsp3) is 0.500. The van der Waals surface area contributed by atoms with E-state index in [2.05, 4.69) is 0 Å². The maximum atomic E-state index is 8.89. The molecule has 0 atom stereocenters. The zero-order valence-electron chi connectivity index (χ0n) is 5.21. The van der Waals surface area contributed by atoms with Crippen LogP contribution in [0.3, 0.4) is 0 Å². The Kier molecular flexibility index (Phi) is 17.6. The number of hydrogen-bond donors (Lipinski definition) is 0. The van der Waals surface area contributed by atoms with Crippen molar-refractivity contribution in [1.29, 1.82) is 0 Å². The van der Waals surface area contributed by atoms with Crippen molar-refractivity contribution in [2.45, 2.75) is 13.8 Å². The van der Waals surface area contributed by atoms with Gasteiger partial charge in [0.05, 0.1) is 0 Å². The van der Waals surface area contributed by atoms with Gasteiger partial charge in [-0.05, 0) is 13.8 Å². The fourth-order valence-electron chi connectivity index (χ4n) is 0. The number of aliphatic carboxylic acids is 2. The Morgan fingerprint density at radius 2 is 1.00 bits per heavy atom. The molecular formula is C4H6BO4. The Labute approximate surface area is 55.1 Å². The summed E-state index contributed by atoms with van der Waals surface area (Å²) in [5.41, 5.74) is 0. The van der Waals surface area contributed by atoms with Gasteiger partial charge in [-0.25, -0.2) is 0 Å². The molecule has 0 spiro atoms. The summed E-state index contributed by atoms with van der Waals surface area (Å²) in [6.07, 6.45) is 0. The molecule has 0 aromatic carbocycles. The normalized spacial score (nSPS) is 5.56. The predicted octanol–water partition coefficient (Wildman–Crippen LogP) is -2.87. The first kappa shape index (κ1) is 15.7. The van der Waals surface area contributed by atoms with Crippen LogP contribution in [-0.4, -0.2) is 20.4 Å². The average Bonchev–Trinajstić information content (AvgIpc) is 1.25. The number of rotatable bonds is 0. The third-order valence-electron chi connectivity index (χ3n) is 0. The molecule has 0 aliphatic heterocycles. The van der Waals surface area contributed by atoms with Crippen LogP contribution in [0.25, 0.3) is 0 Å². The average molecular weight is 129 g/mol. The molecule has 49 valence electrons. The van der Waals surface area contributed by atoms with Gasteiger partial charge in [-0.3, -0.25) is 0 Å². The van der Waals surface area contributed by atoms with E-state index in [-0.39, 0.29) is 8.41 Å². The Bertz CT molecular complexity index is 70.6. The Morgan fingerprint density at radius 1 is 1.00 bits per heavy atom. The van der Waals surface area contributed by atoms with Crippen molar-refractivity contribution < 1.29 is 19.8 Å². The molecule has 0 aromatic heterocycles. The topological polar surface area (TPSA) is 80.3 Å². The van der Waals surface area contributed by atoms with E-state index >= 15 is 0 Å². The Morgan fingerprint density at radius 3 is 1.00 bits per heavy atom. The number of hydrogen-bond acceptors (Lipinski definition) is 4. The van der Waals surface area contributed by atoms with Gasteiger partial charge in [0.15, 0.2) is 0 Å². The largest absolute Gasteiger partial charge is 2.00 e. The van der Waals surface area contributed by atoms with Crippen LogP contribution in [0.4, 0.5) is 0 Å². The standard InChI is InChI=1S/2C2H4O2.B/c2*1-2(3)4;/h2*1H3,(H,3,4);/q;;+2/p-2. The van der Waals surface area contributed by atoms with Crippen LogP contribution in [0, 0.1) is 0 Å². The van der Waals surface area contributed by atoms with Crippen molar-refractivity contribution in [1.82, 2.24) is 0 Å². The summed E-state index contributed by atoms with van der Waals surface area (Å²) in [5.74, 6) is -2.17. The molecule has 0 unspecified atom stereocenters. The zero-order chi connectivity index (χ0) is 7.15. The summed E-state index contributed by atoms with van der Waals surface area (Å²) >= 11 is 0. The van der Waals surface area contributed by atoms with Crippen LogP contribution >= 0.6 is 0 Å². The maximum absolute atomic E-state index is 8.89. The summed E-state index contributed by atoms with van der Waals surface area (Å²) in [6.45, 7) is 1.94. The van der Waals surface area contributed by atoms with Crippen molar-refractivity contribution in [3.8, 4) is 0 Å². The second-order valence-corrected chi connectivity index (χ2v) is 0.983. The van der Waals surface area contributed by atoms with E-state index in [1.807, 2.05) is 0 Å². The fourth-order valence-corrected chi connectivity index (χ4v) is 0. The summed E-state index contributed by atoms with van der Waals surface area (Å²) in [4.78, 5) is 17.8. The second kappa shape index (κ2) is 10.1. The van der Waals surface area contributed by atoms with Gasteiger partial charge in [0, 0.05) is 11.9 Å². The monoisotopic (exact) mass is 129 g/mol. The van der Waals surface area contributed by atoms with Crippen LogP contribution in [0.2, 0.25) is 0 Å². The van der Waals surface area contributed by atoms with E-state index in [4.69, 9.17) is 19.8 Å². The molecule has 5 heteroatoms. The summed E-state index contributed by atoms with van der Waals surface area (Å²) in [7, 11) is 0. The molecule has 0 bridgehead atoms. The van der Waals surface area contributed by atoms with Crippen molar-refractivity contribution in [3.63, 3.8) is 0 Å². The number of carboxylic acids is 2. The molecule has 4 nitrogen and oxygen atoms in total. The molecule has 0 aliphatic carbocycles. The van der Waals surface area contributed by atoms with Gasteiger partial charge in [0.1, 0.15) is 0 Å². The summed E-state index contributed by atoms with van der Waals surface area (Å²) in [5, 5.41) is 17.8. The summed E-state index contributed by atoms with van der Waals surface area (Å²) < 4.78 is 0. The van der Waals surface area contributed by atoms with Crippen molar-refractivity contribution in [2.24, 2.45) is 0 Å². The van der Waals surface area contributed by atoms with E-state index in [0.29, 0.717) is 0 Å². The Balaban J connectivity index is -0.0000000720. The van der Waals surface area contributed by atoms with E-state index in [0.717, 1.165) is 13.8 Å². The van der Waals surface area contributed by atoms with Gasteiger partial charge >= 0.3 is 8.41 Å². The van der Waals surface area contributed by atoms with Crippen LogP contribution in [0.1, 0.15) is 13.8 Å². The number of carbonyl (C=O) groups is 2. The van der Waals surface area contributed by atoms with Gasteiger partial charge in [-0.15, -0.1) is 0 Å². The van der Waals surface area contributed by atoms with Gasteiger partial charge in [-0.1, -0.05) is 0 Å². The quantitative estimate of drug-likeness (QED) is 0.329. The molecule has 0 heterocycles. The van der Waals surface area contributed by atoms with Crippen LogP contribution in [0.15, 0.2) is 0 Å². The SMILES string of the molecule is CC(=O)[O-].CC(=O)[O-].[B+2]. The zero-order valence-corrected chi connectivity index (χ0v) is 5.21. The smallest absolute Gasteiger partial charge is 0.550 e. The predicted molar refractivity (Wildman–Crippen MR) is 27.1 cm³/mol. The first-order chi connectivity index (χ1) is 3.46. The van der Waals surface area contributed by atoms with Gasteiger partial charge in [0.25, 0.3) is 0 Å². The minimum absolute atomic E-state index is 0. The molecule has 0 saturated heterocycles. The van der Waals surface area contributed by atoms with E-state index in [1.165, 1.54) is 0 Å². The summed E-state index contributed by atoms with van der Waals surface area (Å²) in [6, 6.07) is 0. The van der Waals surface area contributed by atoms with Gasteiger partial charge in [-0.2, -0.15) is 0 Å². The third-order valence-corrected chi connectivity index (χ3v) is 0. The molecule has 0 aliphatic rings. The van der Waals surface area contributed by atoms with Crippen LogP contribution in [0.5, 0.6) is 0 Å². The number of carboxylic acid groups (broad SMARTS) is 2. The molecule has 0 amide bonds. The first-order valence-corrected chi connectivity index (χ1v) is 1.82. The second-order valence-electron chi connectivity index (χ2n) is 0.983. The Hall–Kier alpha value is -0.995. The first-order valence-electron chi connectivity index (χ1n) is 1.82. The van der Waals surface area contributed by atoms with Crippen molar-refractivity contribution in [3.05, 3.63) is 0 Å². The minimum atomic E-state index is -1.08. The van der Waals surface area contributed by atoms with E-state index in [1.54, 1.807) is 0 Å². The molecule has 0 saturated carbocycles. The number of carbonyl (C=O) groups excluding carboxylic acids is 2. The van der Waals surface area contributed by atoms with Crippen LogP contribution < -0.4 is 10.2 Å². The molecule has 0 aromatic rings. The van der Waals surface area contributed by atoms with Crippen molar-refractivity contribution >= 4 is 20.4 Å². The molecular weight excluding hydrogens is 123 g/mol. The molecule has 1 radical (unpaired) electrons. The maximum Gasteiger partial charge on any atom is 2.00 e. The molecule has 9 heavy (non-hydrogen) atoms. The third kappa shape index (κ3) is 177. The molecule has 0 rings (SSSR count). The molecule has 0 fully saturated rings. The van der Waals surface area contributed by atoms with Gasteiger partial charge in [0.2, 0.25) is 0 Å². The van der Waals surface area contributed by atoms with Gasteiger partial charge < -0.3 is 19.8 Å². The van der Waals surface area contributed by atoms with E-state index in [9.17, 15) is 0 Å². The molecule has 0 N–H and O–H groups in total. The van der Waals surface area contributed by atoms with Crippen molar-refractivity contribution in [2.75, 3.05) is 0 Å². The van der Waals surface area contributed by atoms with E-state index < -0.39 is 11.9 Å².